The highest BCUT2D eigenvalue weighted by molar-refractivity contribution is 7.16. The Hall–Kier alpha value is -2.40. The van der Waals surface area contributed by atoms with Crippen molar-refractivity contribution >= 4 is 17.2 Å². The zero-order valence-electron chi connectivity index (χ0n) is 12.4. The number of aromatic nitrogens is 1. The fourth-order valence-electron chi connectivity index (χ4n) is 2.21. The zero-order chi connectivity index (χ0) is 15.5. The van der Waals surface area contributed by atoms with E-state index in [4.69, 9.17) is 4.42 Å². The van der Waals surface area contributed by atoms with Crippen molar-refractivity contribution in [3.8, 4) is 10.6 Å². The zero-order valence-corrected chi connectivity index (χ0v) is 13.2. The Labute approximate surface area is 132 Å². The Morgan fingerprint density at radius 1 is 1.27 bits per heavy atom. The number of carbonyl (C=O) groups is 1. The van der Waals surface area contributed by atoms with E-state index in [0.717, 1.165) is 27.7 Å². The van der Waals surface area contributed by atoms with Gasteiger partial charge in [0.2, 0.25) is 0 Å². The highest BCUT2D eigenvalue weighted by Crippen LogP contribution is 2.24. The van der Waals surface area contributed by atoms with Gasteiger partial charge in [0.25, 0.3) is 5.91 Å². The molecule has 0 saturated heterocycles. The van der Waals surface area contributed by atoms with Crippen LogP contribution in [-0.4, -0.2) is 10.9 Å². The summed E-state index contributed by atoms with van der Waals surface area (Å²) in [6, 6.07) is 11.8. The highest BCUT2D eigenvalue weighted by Gasteiger charge is 2.12. The Kier molecular flexibility index (Phi) is 4.06. The molecule has 1 N–H and O–H groups in total. The maximum Gasteiger partial charge on any atom is 0.263 e. The molecule has 4 nitrogen and oxygen atoms in total. The molecule has 0 bridgehead atoms. The van der Waals surface area contributed by atoms with Crippen LogP contribution in [-0.2, 0) is 6.54 Å². The molecule has 0 atom stereocenters. The first-order valence-corrected chi connectivity index (χ1v) is 7.80. The molecule has 3 rings (SSSR count). The smallest absolute Gasteiger partial charge is 0.263 e. The number of carbonyl (C=O) groups excluding carboxylic acids is 1. The van der Waals surface area contributed by atoms with Crippen LogP contribution in [0, 0.1) is 13.8 Å². The minimum atomic E-state index is -0.113. The molecular weight excluding hydrogens is 296 g/mol. The van der Waals surface area contributed by atoms with E-state index in [9.17, 15) is 4.79 Å². The highest BCUT2D eigenvalue weighted by atomic mass is 32.1. The second-order valence-electron chi connectivity index (χ2n) is 5.02. The summed E-state index contributed by atoms with van der Waals surface area (Å²) in [6.45, 7) is 4.25. The minimum Gasteiger partial charge on any atom is -0.466 e. The van der Waals surface area contributed by atoms with Crippen molar-refractivity contribution in [1.29, 1.82) is 0 Å². The molecule has 1 aromatic carbocycles. The van der Waals surface area contributed by atoms with E-state index in [1.807, 2.05) is 50.2 Å². The number of furan rings is 1. The number of benzene rings is 1. The van der Waals surface area contributed by atoms with Crippen molar-refractivity contribution in [2.24, 2.45) is 0 Å². The topological polar surface area (TPSA) is 55.1 Å². The first-order valence-electron chi connectivity index (χ1n) is 6.99. The lowest BCUT2D eigenvalue weighted by atomic mass is 10.2. The van der Waals surface area contributed by atoms with E-state index in [0.29, 0.717) is 11.4 Å². The number of amides is 1. The molecule has 0 unspecified atom stereocenters. The molecule has 3 aromatic rings. The van der Waals surface area contributed by atoms with Gasteiger partial charge in [0.15, 0.2) is 0 Å². The van der Waals surface area contributed by atoms with Gasteiger partial charge in [-0.25, -0.2) is 4.98 Å². The second-order valence-corrected chi connectivity index (χ2v) is 6.05. The third-order valence-corrected chi connectivity index (χ3v) is 4.38. The van der Waals surface area contributed by atoms with Gasteiger partial charge in [0.05, 0.1) is 6.20 Å². The van der Waals surface area contributed by atoms with Gasteiger partial charge in [-0.3, -0.25) is 4.79 Å². The van der Waals surface area contributed by atoms with Gasteiger partial charge in [-0.05, 0) is 19.9 Å². The van der Waals surface area contributed by atoms with Crippen molar-refractivity contribution in [2.75, 3.05) is 0 Å². The molecule has 0 aliphatic rings. The largest absolute Gasteiger partial charge is 0.466 e. The standard InChI is InChI=1S/C17H16N2O2S/c1-11-8-14(12(2)21-11)9-18-16(20)15-10-19-17(22-15)13-6-4-3-5-7-13/h3-8,10H,9H2,1-2H3,(H,18,20). The number of rotatable bonds is 4. The molecular formula is C17H16N2O2S. The van der Waals surface area contributed by atoms with Crippen LogP contribution in [0.25, 0.3) is 10.6 Å². The minimum absolute atomic E-state index is 0.113. The third kappa shape index (κ3) is 3.09. The van der Waals surface area contributed by atoms with E-state index in [2.05, 4.69) is 10.3 Å². The third-order valence-electron chi connectivity index (χ3n) is 3.33. The predicted molar refractivity (Wildman–Crippen MR) is 86.9 cm³/mol. The molecule has 22 heavy (non-hydrogen) atoms. The lowest BCUT2D eigenvalue weighted by molar-refractivity contribution is 0.0954. The molecule has 0 fully saturated rings. The summed E-state index contributed by atoms with van der Waals surface area (Å²) in [5.41, 5.74) is 2.02. The summed E-state index contributed by atoms with van der Waals surface area (Å²) in [5, 5.41) is 3.75. The van der Waals surface area contributed by atoms with Crippen molar-refractivity contribution < 1.29 is 9.21 Å². The van der Waals surface area contributed by atoms with Crippen molar-refractivity contribution in [3.05, 3.63) is 64.6 Å². The van der Waals surface area contributed by atoms with Crippen molar-refractivity contribution in [2.45, 2.75) is 20.4 Å². The lowest BCUT2D eigenvalue weighted by Crippen LogP contribution is -2.21. The summed E-state index contributed by atoms with van der Waals surface area (Å²) in [5.74, 6) is 1.58. The van der Waals surface area contributed by atoms with Crippen LogP contribution in [0.15, 0.2) is 47.0 Å². The van der Waals surface area contributed by atoms with Crippen LogP contribution in [0.3, 0.4) is 0 Å². The molecule has 5 heteroatoms. The van der Waals surface area contributed by atoms with E-state index in [1.165, 1.54) is 11.3 Å². The average Bonchev–Trinajstić information content (AvgIpc) is 3.12. The Morgan fingerprint density at radius 3 is 2.73 bits per heavy atom. The van der Waals surface area contributed by atoms with E-state index in [1.54, 1.807) is 6.20 Å². The number of aryl methyl sites for hydroxylation is 2. The summed E-state index contributed by atoms with van der Waals surface area (Å²) >= 11 is 1.39. The molecule has 0 radical (unpaired) electrons. The number of hydrogen-bond acceptors (Lipinski definition) is 4. The first kappa shape index (κ1) is 14.5. The fraction of sp³-hybridized carbons (Fsp3) is 0.176. The Morgan fingerprint density at radius 2 is 2.05 bits per heavy atom. The molecule has 2 heterocycles. The fourth-order valence-corrected chi connectivity index (χ4v) is 3.05. The van der Waals surface area contributed by atoms with Crippen LogP contribution in [0.1, 0.15) is 26.8 Å². The summed E-state index contributed by atoms with van der Waals surface area (Å²) in [4.78, 5) is 17.1. The van der Waals surface area contributed by atoms with Crippen LogP contribution in [0.5, 0.6) is 0 Å². The van der Waals surface area contributed by atoms with Gasteiger partial charge in [-0.15, -0.1) is 11.3 Å². The maximum atomic E-state index is 12.2. The number of nitrogens with zero attached hydrogens (tertiary/aromatic N) is 1. The van der Waals surface area contributed by atoms with Gasteiger partial charge in [0, 0.05) is 17.7 Å². The van der Waals surface area contributed by atoms with Gasteiger partial charge in [0.1, 0.15) is 21.4 Å². The van der Waals surface area contributed by atoms with Crippen LogP contribution < -0.4 is 5.32 Å². The summed E-state index contributed by atoms with van der Waals surface area (Å²) in [6.07, 6.45) is 1.62. The van der Waals surface area contributed by atoms with E-state index < -0.39 is 0 Å². The number of hydrogen-bond donors (Lipinski definition) is 1. The lowest BCUT2D eigenvalue weighted by Gasteiger charge is -2.01. The molecule has 1 amide bonds. The van der Waals surface area contributed by atoms with Gasteiger partial charge >= 0.3 is 0 Å². The monoisotopic (exact) mass is 312 g/mol. The Bertz CT molecular complexity index is 790. The van der Waals surface area contributed by atoms with Gasteiger partial charge in [-0.1, -0.05) is 30.3 Å². The molecule has 2 aromatic heterocycles. The number of nitrogens with one attached hydrogen (secondary N) is 1. The summed E-state index contributed by atoms with van der Waals surface area (Å²) in [7, 11) is 0. The molecule has 112 valence electrons. The van der Waals surface area contributed by atoms with Crippen LogP contribution in [0.4, 0.5) is 0 Å². The second kappa shape index (κ2) is 6.15. The van der Waals surface area contributed by atoms with Crippen molar-refractivity contribution in [1.82, 2.24) is 10.3 Å². The molecule has 0 saturated carbocycles. The molecule has 0 aliphatic heterocycles. The SMILES string of the molecule is Cc1cc(CNC(=O)c2cnc(-c3ccccc3)s2)c(C)o1. The predicted octanol–water partition coefficient (Wildman–Crippen LogP) is 3.95. The maximum absolute atomic E-state index is 12.2. The first-order chi connectivity index (χ1) is 10.6. The molecule has 0 spiro atoms. The van der Waals surface area contributed by atoms with Crippen molar-refractivity contribution in [3.63, 3.8) is 0 Å². The molecule has 0 aliphatic carbocycles. The van der Waals surface area contributed by atoms with Crippen LogP contribution in [0.2, 0.25) is 0 Å². The van der Waals surface area contributed by atoms with Crippen LogP contribution >= 0.6 is 11.3 Å². The normalized spacial score (nSPS) is 10.6. The average molecular weight is 312 g/mol. The van der Waals surface area contributed by atoms with E-state index in [-0.39, 0.29) is 5.91 Å². The number of thiazole rings is 1. The Balaban J connectivity index is 1.68. The van der Waals surface area contributed by atoms with Gasteiger partial charge < -0.3 is 9.73 Å². The quantitative estimate of drug-likeness (QED) is 0.793. The summed E-state index contributed by atoms with van der Waals surface area (Å²) < 4.78 is 5.45. The van der Waals surface area contributed by atoms with Gasteiger partial charge in [-0.2, -0.15) is 0 Å². The van der Waals surface area contributed by atoms with E-state index >= 15 is 0 Å².